The van der Waals surface area contributed by atoms with Crippen molar-refractivity contribution in [3.05, 3.63) is 48.4 Å². The molecule has 0 fully saturated rings. The fraction of sp³-hybridized carbons (Fsp3) is 0.154. The van der Waals surface area contributed by atoms with Crippen LogP contribution in [0.25, 0.3) is 0 Å². The van der Waals surface area contributed by atoms with E-state index in [1.54, 1.807) is 12.1 Å². The Labute approximate surface area is 117 Å². The van der Waals surface area contributed by atoms with Crippen LogP contribution < -0.4 is 5.32 Å². The Morgan fingerprint density at radius 1 is 1.25 bits per heavy atom. The summed E-state index contributed by atoms with van der Waals surface area (Å²) < 4.78 is 29.9. The number of furan rings is 1. The molecule has 7 heteroatoms. The number of rotatable bonds is 4. The second-order valence-corrected chi connectivity index (χ2v) is 6.43. The minimum Gasteiger partial charge on any atom is -0.472 e. The molecule has 0 atom stereocenters. The molecule has 0 aliphatic heterocycles. The van der Waals surface area contributed by atoms with Gasteiger partial charge in [-0.15, -0.1) is 0 Å². The minimum absolute atomic E-state index is 0.118. The van der Waals surface area contributed by atoms with Gasteiger partial charge in [-0.2, -0.15) is 0 Å². The molecule has 0 bridgehead atoms. The number of anilines is 1. The fourth-order valence-electron chi connectivity index (χ4n) is 1.54. The van der Waals surface area contributed by atoms with Crippen LogP contribution >= 0.6 is 0 Å². The van der Waals surface area contributed by atoms with Crippen LogP contribution in [0, 0.1) is 0 Å². The van der Waals surface area contributed by atoms with E-state index >= 15 is 0 Å². The van der Waals surface area contributed by atoms with Gasteiger partial charge in [-0.3, -0.25) is 4.79 Å². The van der Waals surface area contributed by atoms with Crippen molar-refractivity contribution in [3.63, 3.8) is 0 Å². The summed E-state index contributed by atoms with van der Waals surface area (Å²) in [5.41, 5.74) is 0.769. The van der Waals surface area contributed by atoms with Crippen molar-refractivity contribution in [2.45, 2.75) is 4.90 Å². The summed E-state index contributed by atoms with van der Waals surface area (Å²) in [5, 5.41) is 2.61. The first kappa shape index (κ1) is 14.3. The molecular formula is C13H14N2O4S. The van der Waals surface area contributed by atoms with E-state index in [9.17, 15) is 13.2 Å². The predicted molar refractivity (Wildman–Crippen MR) is 74.0 cm³/mol. The van der Waals surface area contributed by atoms with Crippen LogP contribution in [0.15, 0.2) is 52.2 Å². The smallest absolute Gasteiger partial charge is 0.258 e. The zero-order valence-corrected chi connectivity index (χ0v) is 11.8. The van der Waals surface area contributed by atoms with Gasteiger partial charge in [0.2, 0.25) is 10.0 Å². The lowest BCUT2D eigenvalue weighted by atomic mass is 10.3. The van der Waals surface area contributed by atoms with Gasteiger partial charge in [0.05, 0.1) is 16.7 Å². The van der Waals surface area contributed by atoms with Crippen LogP contribution in [0.3, 0.4) is 0 Å². The number of hydrogen-bond acceptors (Lipinski definition) is 4. The molecule has 1 N–H and O–H groups in total. The molecule has 0 aliphatic carbocycles. The fourth-order valence-corrected chi connectivity index (χ4v) is 2.49. The highest BCUT2D eigenvalue weighted by molar-refractivity contribution is 7.89. The van der Waals surface area contributed by atoms with Gasteiger partial charge in [0.25, 0.3) is 5.91 Å². The Hall–Kier alpha value is -2.12. The molecule has 6 nitrogen and oxygen atoms in total. The van der Waals surface area contributed by atoms with E-state index in [4.69, 9.17) is 4.42 Å². The first-order valence-corrected chi connectivity index (χ1v) is 7.21. The Morgan fingerprint density at radius 2 is 2.00 bits per heavy atom. The second-order valence-electron chi connectivity index (χ2n) is 4.28. The number of sulfonamides is 1. The van der Waals surface area contributed by atoms with Crippen molar-refractivity contribution in [2.24, 2.45) is 0 Å². The monoisotopic (exact) mass is 294 g/mol. The van der Waals surface area contributed by atoms with Gasteiger partial charge in [0.1, 0.15) is 6.26 Å². The Kier molecular flexibility index (Phi) is 3.91. The first-order chi connectivity index (χ1) is 9.41. The van der Waals surface area contributed by atoms with Gasteiger partial charge < -0.3 is 9.73 Å². The number of carbonyl (C=O) groups is 1. The molecule has 0 unspecified atom stereocenters. The maximum Gasteiger partial charge on any atom is 0.258 e. The Morgan fingerprint density at radius 3 is 2.60 bits per heavy atom. The van der Waals surface area contributed by atoms with Crippen molar-refractivity contribution in [1.82, 2.24) is 4.31 Å². The van der Waals surface area contributed by atoms with E-state index in [0.29, 0.717) is 11.3 Å². The second kappa shape index (κ2) is 5.48. The highest BCUT2D eigenvalue weighted by Crippen LogP contribution is 2.18. The topological polar surface area (TPSA) is 79.6 Å². The maximum absolute atomic E-state index is 12.0. The van der Waals surface area contributed by atoms with Crippen molar-refractivity contribution in [1.29, 1.82) is 0 Å². The van der Waals surface area contributed by atoms with Gasteiger partial charge in [0, 0.05) is 19.8 Å². The normalized spacial score (nSPS) is 11.6. The molecule has 1 aromatic carbocycles. The summed E-state index contributed by atoms with van der Waals surface area (Å²) in [7, 11) is -0.625. The van der Waals surface area contributed by atoms with Crippen molar-refractivity contribution < 1.29 is 17.6 Å². The molecule has 1 amide bonds. The van der Waals surface area contributed by atoms with Crippen LogP contribution in [0.4, 0.5) is 5.69 Å². The molecule has 1 aromatic heterocycles. The van der Waals surface area contributed by atoms with E-state index in [1.807, 2.05) is 0 Å². The number of nitrogens with one attached hydrogen (secondary N) is 1. The van der Waals surface area contributed by atoms with Crippen LogP contribution in [-0.2, 0) is 10.0 Å². The molecule has 0 saturated heterocycles. The molecule has 0 aliphatic rings. The Bertz CT molecular complexity index is 706. The summed E-state index contributed by atoms with van der Waals surface area (Å²) in [6, 6.07) is 7.60. The van der Waals surface area contributed by atoms with Crippen LogP contribution in [0.1, 0.15) is 10.4 Å². The summed E-state index contributed by atoms with van der Waals surface area (Å²) in [6.07, 6.45) is 2.71. The zero-order chi connectivity index (χ0) is 14.8. The third kappa shape index (κ3) is 2.89. The third-order valence-electron chi connectivity index (χ3n) is 2.65. The summed E-state index contributed by atoms with van der Waals surface area (Å²) >= 11 is 0. The third-order valence-corrected chi connectivity index (χ3v) is 4.46. The van der Waals surface area contributed by atoms with E-state index in [2.05, 4.69) is 5.32 Å². The molecule has 2 rings (SSSR count). The summed E-state index contributed by atoms with van der Waals surface area (Å²) in [5.74, 6) is -0.363. The van der Waals surface area contributed by atoms with Gasteiger partial charge in [0.15, 0.2) is 0 Å². The van der Waals surface area contributed by atoms with Crippen molar-refractivity contribution in [3.8, 4) is 0 Å². The van der Waals surface area contributed by atoms with Gasteiger partial charge >= 0.3 is 0 Å². The van der Waals surface area contributed by atoms with E-state index in [0.717, 1.165) is 4.31 Å². The van der Waals surface area contributed by atoms with E-state index in [-0.39, 0.29) is 10.8 Å². The summed E-state index contributed by atoms with van der Waals surface area (Å²) in [4.78, 5) is 12.0. The molecule has 0 spiro atoms. The van der Waals surface area contributed by atoms with Crippen LogP contribution in [-0.4, -0.2) is 32.7 Å². The lowest BCUT2D eigenvalue weighted by Gasteiger charge is -2.12. The first-order valence-electron chi connectivity index (χ1n) is 5.77. The minimum atomic E-state index is -3.53. The predicted octanol–water partition coefficient (Wildman–Crippen LogP) is 1.78. The number of hydrogen-bond donors (Lipinski definition) is 1. The lowest BCUT2D eigenvalue weighted by Crippen LogP contribution is -2.22. The number of benzene rings is 1. The molecule has 1 heterocycles. The van der Waals surface area contributed by atoms with Crippen LogP contribution in [0.5, 0.6) is 0 Å². The average molecular weight is 294 g/mol. The van der Waals surface area contributed by atoms with Crippen molar-refractivity contribution >= 4 is 21.6 Å². The zero-order valence-electron chi connectivity index (χ0n) is 11.0. The molecule has 2 aromatic rings. The SMILES string of the molecule is CN(C)S(=O)(=O)c1cccc(NC(=O)c2ccoc2)c1. The standard InChI is InChI=1S/C13H14N2O4S/c1-15(2)20(17,18)12-5-3-4-11(8-12)14-13(16)10-6-7-19-9-10/h3-9H,1-2H3,(H,14,16). The van der Waals surface area contributed by atoms with E-state index < -0.39 is 10.0 Å². The van der Waals surface area contributed by atoms with Crippen LogP contribution in [0.2, 0.25) is 0 Å². The highest BCUT2D eigenvalue weighted by Gasteiger charge is 2.17. The quantitative estimate of drug-likeness (QED) is 0.932. The highest BCUT2D eigenvalue weighted by atomic mass is 32.2. The Balaban J connectivity index is 2.25. The molecular weight excluding hydrogens is 280 g/mol. The molecule has 0 saturated carbocycles. The molecule has 0 radical (unpaired) electrons. The lowest BCUT2D eigenvalue weighted by molar-refractivity contribution is 0.102. The molecule has 106 valence electrons. The van der Waals surface area contributed by atoms with E-state index in [1.165, 1.54) is 44.8 Å². The number of carbonyl (C=O) groups excluding carboxylic acids is 1. The maximum atomic E-state index is 12.0. The van der Waals surface area contributed by atoms with Gasteiger partial charge in [-0.25, -0.2) is 12.7 Å². The van der Waals surface area contributed by atoms with Crippen molar-refractivity contribution in [2.75, 3.05) is 19.4 Å². The molecule has 20 heavy (non-hydrogen) atoms. The largest absolute Gasteiger partial charge is 0.472 e. The number of nitrogens with zero attached hydrogens (tertiary/aromatic N) is 1. The summed E-state index contributed by atoms with van der Waals surface area (Å²) in [6.45, 7) is 0. The number of amides is 1. The van der Waals surface area contributed by atoms with Gasteiger partial charge in [-0.1, -0.05) is 6.07 Å². The average Bonchev–Trinajstić information content (AvgIpc) is 2.92. The van der Waals surface area contributed by atoms with Gasteiger partial charge in [-0.05, 0) is 24.3 Å².